The van der Waals surface area contributed by atoms with E-state index in [4.69, 9.17) is 4.74 Å². The van der Waals surface area contributed by atoms with Gasteiger partial charge in [0.1, 0.15) is 18.1 Å². The molecule has 0 saturated heterocycles. The number of methoxy groups -OCH3 is 1. The molecule has 0 fully saturated rings. The standard InChI is InChI=1S/C18H17NO5/c1-23-18(22)15(11-17(20)21)19-14-9-5-6-10-16(14)24-12-13-7-3-2-4-8-13/h2-11,19H,12H2,1H3,(H,20,21)/p-1. The summed E-state index contributed by atoms with van der Waals surface area (Å²) in [5.41, 5.74) is 1.16. The predicted molar refractivity (Wildman–Crippen MR) is 85.9 cm³/mol. The van der Waals surface area contributed by atoms with E-state index in [0.717, 1.165) is 12.7 Å². The van der Waals surface area contributed by atoms with E-state index in [2.05, 4.69) is 10.1 Å². The average molecular weight is 326 g/mol. The van der Waals surface area contributed by atoms with Crippen LogP contribution >= 0.6 is 0 Å². The molecule has 0 aromatic heterocycles. The summed E-state index contributed by atoms with van der Waals surface area (Å²) in [6.45, 7) is 0.331. The van der Waals surface area contributed by atoms with Gasteiger partial charge in [-0.15, -0.1) is 0 Å². The lowest BCUT2D eigenvalue weighted by atomic mass is 10.2. The molecule has 24 heavy (non-hydrogen) atoms. The second kappa shape index (κ2) is 8.38. The summed E-state index contributed by atoms with van der Waals surface area (Å²) in [5, 5.41) is 13.5. The van der Waals surface area contributed by atoms with Crippen LogP contribution in [0.3, 0.4) is 0 Å². The first-order valence-electron chi connectivity index (χ1n) is 7.14. The fourth-order valence-corrected chi connectivity index (χ4v) is 1.95. The molecule has 6 heteroatoms. The first kappa shape index (κ1) is 17.1. The number of carboxylic acids is 1. The molecule has 2 rings (SSSR count). The Kier molecular flexibility index (Phi) is 5.96. The van der Waals surface area contributed by atoms with E-state index in [1.54, 1.807) is 24.3 Å². The third-order valence-corrected chi connectivity index (χ3v) is 3.06. The molecule has 0 spiro atoms. The minimum absolute atomic E-state index is 0.256. The third-order valence-electron chi connectivity index (χ3n) is 3.06. The van der Waals surface area contributed by atoms with E-state index in [0.29, 0.717) is 24.1 Å². The zero-order chi connectivity index (χ0) is 17.4. The van der Waals surface area contributed by atoms with Crippen molar-refractivity contribution in [3.05, 3.63) is 71.9 Å². The Hall–Kier alpha value is -3.28. The number of esters is 1. The molecule has 6 nitrogen and oxygen atoms in total. The minimum Gasteiger partial charge on any atom is -0.545 e. The van der Waals surface area contributed by atoms with Gasteiger partial charge in [0.15, 0.2) is 0 Å². The monoisotopic (exact) mass is 326 g/mol. The summed E-state index contributed by atoms with van der Waals surface area (Å²) in [7, 11) is 1.16. The second-order valence-corrected chi connectivity index (χ2v) is 4.76. The highest BCUT2D eigenvalue weighted by molar-refractivity contribution is 5.98. The van der Waals surface area contributed by atoms with Gasteiger partial charge in [0.05, 0.1) is 18.8 Å². The van der Waals surface area contributed by atoms with Crippen LogP contribution < -0.4 is 15.2 Å². The topological polar surface area (TPSA) is 87.7 Å². The Bertz CT molecular complexity index is 740. The molecule has 2 aromatic carbocycles. The van der Waals surface area contributed by atoms with Gasteiger partial charge in [-0.1, -0.05) is 42.5 Å². The van der Waals surface area contributed by atoms with E-state index in [9.17, 15) is 14.7 Å². The van der Waals surface area contributed by atoms with Crippen molar-refractivity contribution in [2.75, 3.05) is 12.4 Å². The molecule has 0 atom stereocenters. The summed E-state index contributed by atoms with van der Waals surface area (Å²) in [5.74, 6) is -1.86. The van der Waals surface area contributed by atoms with Gasteiger partial charge in [-0.05, 0) is 23.8 Å². The average Bonchev–Trinajstić information content (AvgIpc) is 2.60. The van der Waals surface area contributed by atoms with Gasteiger partial charge in [0.25, 0.3) is 0 Å². The number of carbonyl (C=O) groups excluding carboxylic acids is 2. The fraction of sp³-hybridized carbons (Fsp3) is 0.111. The van der Waals surface area contributed by atoms with Crippen LogP contribution in [0.5, 0.6) is 5.75 Å². The number of benzene rings is 2. The van der Waals surface area contributed by atoms with Crippen molar-refractivity contribution in [2.45, 2.75) is 6.61 Å². The van der Waals surface area contributed by atoms with Crippen molar-refractivity contribution >= 4 is 17.6 Å². The molecule has 0 aliphatic rings. The molecular weight excluding hydrogens is 310 g/mol. The maximum absolute atomic E-state index is 11.7. The lowest BCUT2D eigenvalue weighted by Gasteiger charge is -2.14. The van der Waals surface area contributed by atoms with Crippen molar-refractivity contribution in [1.82, 2.24) is 0 Å². The number of hydrogen-bond donors (Lipinski definition) is 1. The normalized spacial score (nSPS) is 10.8. The first-order valence-corrected chi connectivity index (χ1v) is 7.14. The number of ether oxygens (including phenoxy) is 2. The molecule has 0 unspecified atom stereocenters. The number of aliphatic carboxylic acids is 1. The van der Waals surface area contributed by atoms with E-state index >= 15 is 0 Å². The molecule has 0 heterocycles. The van der Waals surface area contributed by atoms with E-state index < -0.39 is 11.9 Å². The van der Waals surface area contributed by atoms with Crippen LogP contribution in [0.25, 0.3) is 0 Å². The molecule has 0 radical (unpaired) electrons. The first-order chi connectivity index (χ1) is 11.6. The third kappa shape index (κ3) is 4.88. The van der Waals surface area contributed by atoms with Gasteiger partial charge in [-0.3, -0.25) is 0 Å². The highest BCUT2D eigenvalue weighted by atomic mass is 16.5. The van der Waals surface area contributed by atoms with Crippen molar-refractivity contribution < 1.29 is 24.2 Å². The van der Waals surface area contributed by atoms with Crippen molar-refractivity contribution in [1.29, 1.82) is 0 Å². The van der Waals surface area contributed by atoms with Gasteiger partial charge in [0, 0.05) is 0 Å². The number of anilines is 1. The fourth-order valence-electron chi connectivity index (χ4n) is 1.95. The molecule has 0 aliphatic carbocycles. The van der Waals surface area contributed by atoms with Crippen molar-refractivity contribution in [3.8, 4) is 5.75 Å². The van der Waals surface area contributed by atoms with Crippen molar-refractivity contribution in [3.63, 3.8) is 0 Å². The summed E-state index contributed by atoms with van der Waals surface area (Å²) in [6, 6.07) is 16.4. The van der Waals surface area contributed by atoms with E-state index in [1.165, 1.54) is 0 Å². The van der Waals surface area contributed by atoms with Crippen molar-refractivity contribution in [2.24, 2.45) is 0 Å². The SMILES string of the molecule is COC(=O)C(=CC(=O)[O-])Nc1ccccc1OCc1ccccc1. The Balaban J connectivity index is 2.18. The smallest absolute Gasteiger partial charge is 0.354 e. The number of carboxylic acid groups (broad SMARTS) is 1. The molecule has 1 N–H and O–H groups in total. The van der Waals surface area contributed by atoms with Gasteiger partial charge in [-0.2, -0.15) is 0 Å². The van der Waals surface area contributed by atoms with Gasteiger partial charge in [-0.25, -0.2) is 4.79 Å². The van der Waals surface area contributed by atoms with E-state index in [1.807, 2.05) is 30.3 Å². The van der Waals surface area contributed by atoms with E-state index in [-0.39, 0.29) is 5.70 Å². The number of rotatable bonds is 7. The highest BCUT2D eigenvalue weighted by Crippen LogP contribution is 2.26. The quantitative estimate of drug-likeness (QED) is 0.612. The second-order valence-electron chi connectivity index (χ2n) is 4.76. The molecule has 0 amide bonds. The summed E-state index contributed by atoms with van der Waals surface area (Å²) in [4.78, 5) is 22.4. The maximum atomic E-state index is 11.7. The summed E-state index contributed by atoms with van der Waals surface area (Å²) < 4.78 is 10.3. The molecule has 124 valence electrons. The Morgan fingerprint density at radius 3 is 2.42 bits per heavy atom. The van der Waals surface area contributed by atoms with Gasteiger partial charge in [0.2, 0.25) is 0 Å². The Morgan fingerprint density at radius 2 is 1.75 bits per heavy atom. The molecular formula is C18H16NO5-. The largest absolute Gasteiger partial charge is 0.545 e. The van der Waals surface area contributed by atoms with Crippen LogP contribution in [0.15, 0.2) is 66.4 Å². The Morgan fingerprint density at radius 1 is 1.08 bits per heavy atom. The maximum Gasteiger partial charge on any atom is 0.354 e. The van der Waals surface area contributed by atoms with Crippen LogP contribution in [0, 0.1) is 0 Å². The summed E-state index contributed by atoms with van der Waals surface area (Å²) >= 11 is 0. The van der Waals surface area contributed by atoms with Crippen LogP contribution in [-0.2, 0) is 20.9 Å². The number of nitrogens with one attached hydrogen (secondary N) is 1. The number of hydrogen-bond acceptors (Lipinski definition) is 6. The summed E-state index contributed by atoms with van der Waals surface area (Å²) in [6.07, 6.45) is 0.639. The van der Waals surface area contributed by atoms with Crippen LogP contribution in [0.4, 0.5) is 5.69 Å². The molecule has 2 aromatic rings. The zero-order valence-electron chi connectivity index (χ0n) is 13.0. The lowest BCUT2D eigenvalue weighted by molar-refractivity contribution is -0.297. The molecule has 0 bridgehead atoms. The zero-order valence-corrected chi connectivity index (χ0v) is 13.0. The number of para-hydroxylation sites is 2. The number of carbonyl (C=O) groups is 2. The minimum atomic E-state index is -1.51. The highest BCUT2D eigenvalue weighted by Gasteiger charge is 2.12. The van der Waals surface area contributed by atoms with Gasteiger partial charge < -0.3 is 24.7 Å². The van der Waals surface area contributed by atoms with Crippen LogP contribution in [0.1, 0.15) is 5.56 Å². The molecule has 0 aliphatic heterocycles. The van der Waals surface area contributed by atoms with Crippen LogP contribution in [0.2, 0.25) is 0 Å². The molecule has 0 saturated carbocycles. The Labute approximate surface area is 139 Å². The van der Waals surface area contributed by atoms with Crippen LogP contribution in [-0.4, -0.2) is 19.0 Å². The lowest BCUT2D eigenvalue weighted by Crippen LogP contribution is -2.23. The predicted octanol–water partition coefficient (Wildman–Crippen LogP) is 1.48. The van der Waals surface area contributed by atoms with Gasteiger partial charge >= 0.3 is 5.97 Å².